The lowest BCUT2D eigenvalue weighted by Gasteiger charge is -2.13. The highest BCUT2D eigenvalue weighted by Crippen LogP contribution is 2.09. The fourth-order valence-corrected chi connectivity index (χ4v) is 1.99. The van der Waals surface area contributed by atoms with Gasteiger partial charge in [-0.2, -0.15) is 0 Å². The molecule has 0 heterocycles. The summed E-state index contributed by atoms with van der Waals surface area (Å²) in [6.07, 6.45) is 13.3. The van der Waals surface area contributed by atoms with Gasteiger partial charge in [-0.15, -0.1) is 0 Å². The Kier molecular flexibility index (Phi) is 14.9. The quantitative estimate of drug-likeness (QED) is 0.311. The van der Waals surface area contributed by atoms with Crippen molar-refractivity contribution >= 4 is 0 Å². The third kappa shape index (κ3) is 14.0. The van der Waals surface area contributed by atoms with Crippen LogP contribution in [0.25, 0.3) is 0 Å². The topological polar surface area (TPSA) is 18.5 Å². The predicted octanol–water partition coefficient (Wildman–Crippen LogP) is 5.31. The van der Waals surface area contributed by atoms with E-state index >= 15 is 0 Å². The summed E-state index contributed by atoms with van der Waals surface area (Å²) in [7, 11) is 0. The van der Waals surface area contributed by atoms with Crippen molar-refractivity contribution in [3.05, 3.63) is 0 Å². The van der Waals surface area contributed by atoms with Gasteiger partial charge in [-0.1, -0.05) is 65.2 Å². The van der Waals surface area contributed by atoms with Gasteiger partial charge in [0.2, 0.25) is 0 Å². The standard InChI is InChI=1S/C16H34O2/c1-4-6-7-8-9-10-11-12-13-15-18-16(3)17-14-5-2/h16H,4-15H2,1-3H3. The predicted molar refractivity (Wildman–Crippen MR) is 78.9 cm³/mol. The van der Waals surface area contributed by atoms with E-state index < -0.39 is 0 Å². The molecule has 1 atom stereocenters. The Morgan fingerprint density at radius 3 is 1.67 bits per heavy atom. The lowest BCUT2D eigenvalue weighted by atomic mass is 10.1. The highest BCUT2D eigenvalue weighted by Gasteiger charge is 2.00. The van der Waals surface area contributed by atoms with Crippen LogP contribution in [0.15, 0.2) is 0 Å². The summed E-state index contributed by atoms with van der Waals surface area (Å²) in [4.78, 5) is 0. The minimum absolute atomic E-state index is 0.0287. The second-order valence-electron chi connectivity index (χ2n) is 5.14. The van der Waals surface area contributed by atoms with Gasteiger partial charge in [0.25, 0.3) is 0 Å². The molecule has 0 N–H and O–H groups in total. The molecule has 0 radical (unpaired) electrons. The normalized spacial score (nSPS) is 12.8. The van der Waals surface area contributed by atoms with E-state index in [1.807, 2.05) is 6.92 Å². The van der Waals surface area contributed by atoms with Crippen LogP contribution in [0.1, 0.15) is 85.0 Å². The number of hydrogen-bond donors (Lipinski definition) is 0. The maximum absolute atomic E-state index is 5.58. The lowest BCUT2D eigenvalue weighted by molar-refractivity contribution is -0.130. The highest BCUT2D eigenvalue weighted by molar-refractivity contribution is 4.46. The molecule has 0 aromatic heterocycles. The zero-order chi connectivity index (χ0) is 13.5. The van der Waals surface area contributed by atoms with Crippen LogP contribution in [0.2, 0.25) is 0 Å². The van der Waals surface area contributed by atoms with Crippen LogP contribution in [0, 0.1) is 0 Å². The average Bonchev–Trinajstić information content (AvgIpc) is 2.38. The van der Waals surface area contributed by atoms with Gasteiger partial charge in [-0.05, 0) is 19.8 Å². The van der Waals surface area contributed by atoms with Crippen LogP contribution in [0.3, 0.4) is 0 Å². The Morgan fingerprint density at radius 2 is 1.11 bits per heavy atom. The SMILES string of the molecule is CCCCCCCCCCCOC(C)OCCC. The van der Waals surface area contributed by atoms with Gasteiger partial charge in [-0.3, -0.25) is 0 Å². The van der Waals surface area contributed by atoms with Crippen LogP contribution < -0.4 is 0 Å². The van der Waals surface area contributed by atoms with Crippen molar-refractivity contribution in [1.29, 1.82) is 0 Å². The van der Waals surface area contributed by atoms with Crippen LogP contribution in [0.5, 0.6) is 0 Å². The monoisotopic (exact) mass is 258 g/mol. The molecule has 18 heavy (non-hydrogen) atoms. The Bertz CT molecular complexity index is 148. The Labute approximate surface area is 114 Å². The van der Waals surface area contributed by atoms with Gasteiger partial charge in [0.15, 0.2) is 6.29 Å². The molecular formula is C16H34O2. The van der Waals surface area contributed by atoms with E-state index in [1.165, 1.54) is 57.8 Å². The minimum atomic E-state index is -0.0287. The molecule has 2 heteroatoms. The van der Waals surface area contributed by atoms with Gasteiger partial charge in [-0.25, -0.2) is 0 Å². The van der Waals surface area contributed by atoms with Gasteiger partial charge in [0.05, 0.1) is 0 Å². The number of unbranched alkanes of at least 4 members (excludes halogenated alkanes) is 8. The first-order valence-corrected chi connectivity index (χ1v) is 8.04. The van der Waals surface area contributed by atoms with E-state index in [4.69, 9.17) is 9.47 Å². The first-order valence-electron chi connectivity index (χ1n) is 8.04. The maximum Gasteiger partial charge on any atom is 0.154 e. The van der Waals surface area contributed by atoms with E-state index in [-0.39, 0.29) is 6.29 Å². The summed E-state index contributed by atoms with van der Waals surface area (Å²) in [6, 6.07) is 0. The molecule has 110 valence electrons. The smallest absolute Gasteiger partial charge is 0.154 e. The fraction of sp³-hybridized carbons (Fsp3) is 1.00. The zero-order valence-electron chi connectivity index (χ0n) is 12.9. The van der Waals surface area contributed by atoms with Crippen LogP contribution in [-0.4, -0.2) is 19.5 Å². The van der Waals surface area contributed by atoms with Crippen LogP contribution in [0.4, 0.5) is 0 Å². The largest absolute Gasteiger partial charge is 0.353 e. The van der Waals surface area contributed by atoms with Crippen LogP contribution in [-0.2, 0) is 9.47 Å². The third-order valence-corrected chi connectivity index (χ3v) is 3.16. The van der Waals surface area contributed by atoms with Gasteiger partial charge >= 0.3 is 0 Å². The number of ether oxygens (including phenoxy) is 2. The highest BCUT2D eigenvalue weighted by atomic mass is 16.7. The molecule has 0 rings (SSSR count). The average molecular weight is 258 g/mol. The molecule has 0 aliphatic heterocycles. The van der Waals surface area contributed by atoms with Crippen molar-refractivity contribution in [3.8, 4) is 0 Å². The summed E-state index contributed by atoms with van der Waals surface area (Å²) in [5, 5.41) is 0. The second kappa shape index (κ2) is 15.0. The Hall–Kier alpha value is -0.0800. The van der Waals surface area contributed by atoms with Crippen LogP contribution >= 0.6 is 0 Å². The zero-order valence-corrected chi connectivity index (χ0v) is 12.9. The van der Waals surface area contributed by atoms with Gasteiger partial charge in [0.1, 0.15) is 0 Å². The second-order valence-corrected chi connectivity index (χ2v) is 5.14. The van der Waals surface area contributed by atoms with Crippen molar-refractivity contribution in [2.45, 2.75) is 91.3 Å². The first-order chi connectivity index (χ1) is 8.81. The summed E-state index contributed by atoms with van der Waals surface area (Å²) in [5.41, 5.74) is 0. The number of rotatable bonds is 14. The molecule has 0 aliphatic carbocycles. The molecule has 0 aliphatic rings. The molecule has 0 spiro atoms. The lowest BCUT2D eigenvalue weighted by Crippen LogP contribution is -2.14. The van der Waals surface area contributed by atoms with Gasteiger partial charge in [0, 0.05) is 13.2 Å². The molecule has 0 aromatic rings. The van der Waals surface area contributed by atoms with E-state index in [9.17, 15) is 0 Å². The fourth-order valence-electron chi connectivity index (χ4n) is 1.99. The Morgan fingerprint density at radius 1 is 0.611 bits per heavy atom. The van der Waals surface area contributed by atoms with E-state index in [2.05, 4.69) is 13.8 Å². The van der Waals surface area contributed by atoms with Gasteiger partial charge < -0.3 is 9.47 Å². The molecule has 0 bridgehead atoms. The summed E-state index contributed by atoms with van der Waals surface area (Å²) >= 11 is 0. The molecule has 0 fully saturated rings. The summed E-state index contributed by atoms with van der Waals surface area (Å²) in [5.74, 6) is 0. The maximum atomic E-state index is 5.58. The van der Waals surface area contributed by atoms with E-state index in [0.29, 0.717) is 0 Å². The molecular weight excluding hydrogens is 224 g/mol. The minimum Gasteiger partial charge on any atom is -0.353 e. The first kappa shape index (κ1) is 17.9. The van der Waals surface area contributed by atoms with Crippen molar-refractivity contribution in [1.82, 2.24) is 0 Å². The number of hydrogen-bond acceptors (Lipinski definition) is 2. The Balaban J connectivity index is 3.02. The molecule has 0 saturated heterocycles. The summed E-state index contributed by atoms with van der Waals surface area (Å²) < 4.78 is 11.0. The molecule has 2 nitrogen and oxygen atoms in total. The molecule has 0 aromatic carbocycles. The van der Waals surface area contributed by atoms with E-state index in [0.717, 1.165) is 19.6 Å². The third-order valence-electron chi connectivity index (χ3n) is 3.16. The molecule has 1 unspecified atom stereocenters. The van der Waals surface area contributed by atoms with Crippen molar-refractivity contribution in [3.63, 3.8) is 0 Å². The molecule has 0 saturated carbocycles. The molecule has 0 amide bonds. The van der Waals surface area contributed by atoms with E-state index in [1.54, 1.807) is 0 Å². The van der Waals surface area contributed by atoms with Crippen molar-refractivity contribution < 1.29 is 9.47 Å². The summed E-state index contributed by atoms with van der Waals surface area (Å²) in [6.45, 7) is 8.03. The van der Waals surface area contributed by atoms with Crippen molar-refractivity contribution in [2.75, 3.05) is 13.2 Å². The van der Waals surface area contributed by atoms with Crippen molar-refractivity contribution in [2.24, 2.45) is 0 Å².